The third-order valence-corrected chi connectivity index (χ3v) is 7.17. The number of piperazine rings is 1. The molecule has 1 aliphatic carbocycles. The van der Waals surface area contributed by atoms with Crippen molar-refractivity contribution in [3.05, 3.63) is 76.7 Å². The van der Waals surface area contributed by atoms with Gasteiger partial charge in [0.1, 0.15) is 16.9 Å². The lowest BCUT2D eigenvalue weighted by molar-refractivity contribution is -0.128. The minimum absolute atomic E-state index is 0.158. The first kappa shape index (κ1) is 24.3. The number of ketones is 1. The standard InChI is InChI=1S/C29H33N3O4/c1-19-26(20(2)36-30-19)22-12-11-21-18-25(33)29(24(21)17-22,23-9-7-6-8-10-23)32-15-13-31(14-16-32)27(34)35-28(3,4)5/h6-12,17H,13-16,18H2,1-5H3. The van der Waals surface area contributed by atoms with Gasteiger partial charge >= 0.3 is 6.09 Å². The number of hydrogen-bond donors (Lipinski definition) is 0. The van der Waals surface area contributed by atoms with Crippen molar-refractivity contribution in [2.75, 3.05) is 26.2 Å². The van der Waals surface area contributed by atoms with E-state index < -0.39 is 11.1 Å². The molecule has 7 nitrogen and oxygen atoms in total. The summed E-state index contributed by atoms with van der Waals surface area (Å²) in [4.78, 5) is 30.7. The van der Waals surface area contributed by atoms with Crippen molar-refractivity contribution in [3.8, 4) is 11.1 Å². The van der Waals surface area contributed by atoms with Crippen LogP contribution in [0.1, 0.15) is 48.9 Å². The maximum atomic E-state index is 14.0. The largest absolute Gasteiger partial charge is 0.444 e. The van der Waals surface area contributed by atoms with Gasteiger partial charge in [0.05, 0.1) is 5.69 Å². The zero-order valence-corrected chi connectivity index (χ0v) is 21.6. The molecule has 1 atom stereocenters. The van der Waals surface area contributed by atoms with Gasteiger partial charge < -0.3 is 14.2 Å². The average Bonchev–Trinajstić information content (AvgIpc) is 3.33. The van der Waals surface area contributed by atoms with E-state index in [0.717, 1.165) is 39.3 Å². The molecule has 188 valence electrons. The van der Waals surface area contributed by atoms with E-state index in [-0.39, 0.29) is 11.9 Å². The van der Waals surface area contributed by atoms with Crippen LogP contribution in [0.5, 0.6) is 0 Å². The van der Waals surface area contributed by atoms with Gasteiger partial charge in [0, 0.05) is 38.2 Å². The fourth-order valence-electron chi connectivity index (χ4n) is 5.65. The Morgan fingerprint density at radius 3 is 2.33 bits per heavy atom. The van der Waals surface area contributed by atoms with E-state index in [4.69, 9.17) is 9.26 Å². The highest BCUT2D eigenvalue weighted by molar-refractivity contribution is 6.00. The van der Waals surface area contributed by atoms with Gasteiger partial charge in [-0.1, -0.05) is 47.6 Å². The molecule has 0 N–H and O–H groups in total. The van der Waals surface area contributed by atoms with Crippen LogP contribution >= 0.6 is 0 Å². The summed E-state index contributed by atoms with van der Waals surface area (Å²) >= 11 is 0. The SMILES string of the molecule is Cc1noc(C)c1-c1ccc2c(c1)C(c1ccccc1)(N1CCN(C(=O)OC(C)(C)C)CC1)C(=O)C2. The Kier molecular flexibility index (Phi) is 5.99. The monoisotopic (exact) mass is 487 g/mol. The zero-order chi connectivity index (χ0) is 25.7. The van der Waals surface area contributed by atoms with E-state index in [1.165, 1.54) is 0 Å². The minimum Gasteiger partial charge on any atom is -0.444 e. The van der Waals surface area contributed by atoms with Gasteiger partial charge in [0.15, 0.2) is 5.78 Å². The lowest BCUT2D eigenvalue weighted by Gasteiger charge is -2.45. The number of ether oxygens (including phenoxy) is 1. The first-order valence-corrected chi connectivity index (χ1v) is 12.5. The molecule has 0 bridgehead atoms. The van der Waals surface area contributed by atoms with Crippen molar-refractivity contribution in [2.45, 2.75) is 52.2 Å². The first-order valence-electron chi connectivity index (χ1n) is 12.5. The average molecular weight is 488 g/mol. The molecule has 7 heteroatoms. The molecule has 0 spiro atoms. The summed E-state index contributed by atoms with van der Waals surface area (Å²) in [6, 6.07) is 16.3. The van der Waals surface area contributed by atoms with Crippen molar-refractivity contribution >= 4 is 11.9 Å². The Bertz CT molecular complexity index is 1280. The predicted molar refractivity (Wildman–Crippen MR) is 137 cm³/mol. The van der Waals surface area contributed by atoms with E-state index in [9.17, 15) is 9.59 Å². The quantitative estimate of drug-likeness (QED) is 0.524. The maximum Gasteiger partial charge on any atom is 0.410 e. The Morgan fingerprint density at radius 2 is 1.72 bits per heavy atom. The second-order valence-corrected chi connectivity index (χ2v) is 10.7. The predicted octanol–water partition coefficient (Wildman–Crippen LogP) is 4.88. The Morgan fingerprint density at radius 1 is 1.03 bits per heavy atom. The van der Waals surface area contributed by atoms with E-state index in [0.29, 0.717) is 32.6 Å². The smallest absolute Gasteiger partial charge is 0.410 e. The van der Waals surface area contributed by atoms with Gasteiger partial charge in [-0.25, -0.2) is 4.79 Å². The molecular formula is C29H33N3O4. The maximum absolute atomic E-state index is 14.0. The summed E-state index contributed by atoms with van der Waals surface area (Å²) in [6.45, 7) is 11.6. The van der Waals surface area contributed by atoms with Crippen LogP contribution in [-0.4, -0.2) is 58.6 Å². The van der Waals surface area contributed by atoms with E-state index in [2.05, 4.69) is 28.3 Å². The molecule has 3 aromatic rings. The van der Waals surface area contributed by atoms with Crippen LogP contribution in [0.25, 0.3) is 11.1 Å². The van der Waals surface area contributed by atoms with E-state index in [1.54, 1.807) is 4.90 Å². The van der Waals surface area contributed by atoms with Gasteiger partial charge in [-0.05, 0) is 62.9 Å². The third kappa shape index (κ3) is 4.01. The van der Waals surface area contributed by atoms with Crippen LogP contribution in [0.15, 0.2) is 53.1 Å². The molecule has 0 radical (unpaired) electrons. The number of Topliss-reactive ketones (excluding diaryl/α,β-unsaturated/α-hetero) is 1. The fraction of sp³-hybridized carbons (Fsp3) is 0.414. The lowest BCUT2D eigenvalue weighted by Crippen LogP contribution is -2.59. The van der Waals surface area contributed by atoms with Crippen LogP contribution in [0.4, 0.5) is 4.79 Å². The van der Waals surface area contributed by atoms with Crippen molar-refractivity contribution < 1.29 is 18.8 Å². The van der Waals surface area contributed by atoms with E-state index >= 15 is 0 Å². The molecule has 2 aromatic carbocycles. The number of hydrogen-bond acceptors (Lipinski definition) is 6. The van der Waals surface area contributed by atoms with Gasteiger partial charge in [-0.15, -0.1) is 0 Å². The molecule has 2 aliphatic rings. The number of aryl methyl sites for hydroxylation is 2. The van der Waals surface area contributed by atoms with Crippen molar-refractivity contribution in [1.29, 1.82) is 0 Å². The zero-order valence-electron chi connectivity index (χ0n) is 21.6. The summed E-state index contributed by atoms with van der Waals surface area (Å²) in [6.07, 6.45) is 0.0630. The summed E-state index contributed by atoms with van der Waals surface area (Å²) in [5.74, 6) is 0.915. The number of nitrogens with zero attached hydrogens (tertiary/aromatic N) is 3. The van der Waals surface area contributed by atoms with Crippen LogP contribution in [-0.2, 0) is 21.5 Å². The fourth-order valence-corrected chi connectivity index (χ4v) is 5.65. The minimum atomic E-state index is -0.911. The number of aromatic nitrogens is 1. The number of fused-ring (bicyclic) bond motifs is 1. The van der Waals surface area contributed by atoms with Crippen LogP contribution in [0.2, 0.25) is 0 Å². The number of amides is 1. The Balaban J connectivity index is 1.56. The molecule has 36 heavy (non-hydrogen) atoms. The number of carbonyl (C=O) groups excluding carboxylic acids is 2. The summed E-state index contributed by atoms with van der Waals surface area (Å²) in [5.41, 5.74) is 4.32. The van der Waals surface area contributed by atoms with Crippen molar-refractivity contribution in [2.24, 2.45) is 0 Å². The highest BCUT2D eigenvalue weighted by Crippen LogP contribution is 2.46. The molecular weight excluding hydrogens is 454 g/mol. The summed E-state index contributed by atoms with van der Waals surface area (Å²) < 4.78 is 11.0. The molecule has 1 aliphatic heterocycles. The normalized spacial score (nSPS) is 20.5. The van der Waals surface area contributed by atoms with Crippen LogP contribution < -0.4 is 0 Å². The summed E-state index contributed by atoms with van der Waals surface area (Å²) in [5, 5.41) is 4.13. The Labute approximate surface area is 212 Å². The molecule has 1 saturated heterocycles. The van der Waals surface area contributed by atoms with Gasteiger partial charge in [-0.2, -0.15) is 0 Å². The molecule has 1 unspecified atom stereocenters. The molecule has 2 heterocycles. The van der Waals surface area contributed by atoms with Crippen LogP contribution in [0.3, 0.4) is 0 Å². The molecule has 5 rings (SSSR count). The number of benzene rings is 2. The summed E-state index contributed by atoms with van der Waals surface area (Å²) in [7, 11) is 0. The van der Waals surface area contributed by atoms with Crippen molar-refractivity contribution in [3.63, 3.8) is 0 Å². The molecule has 1 aromatic heterocycles. The molecule has 0 saturated carbocycles. The number of carbonyl (C=O) groups is 2. The second kappa shape index (κ2) is 8.89. The van der Waals surface area contributed by atoms with E-state index in [1.807, 2.05) is 65.0 Å². The highest BCUT2D eigenvalue weighted by atomic mass is 16.6. The topological polar surface area (TPSA) is 75.9 Å². The third-order valence-electron chi connectivity index (χ3n) is 7.17. The second-order valence-electron chi connectivity index (χ2n) is 10.7. The van der Waals surface area contributed by atoms with Crippen LogP contribution in [0, 0.1) is 13.8 Å². The van der Waals surface area contributed by atoms with Gasteiger partial charge in [-0.3, -0.25) is 9.69 Å². The first-order chi connectivity index (χ1) is 17.1. The Hall–Kier alpha value is -3.45. The van der Waals surface area contributed by atoms with Gasteiger partial charge in [0.25, 0.3) is 0 Å². The molecule has 1 amide bonds. The molecule has 1 fully saturated rings. The lowest BCUT2D eigenvalue weighted by atomic mass is 9.80. The van der Waals surface area contributed by atoms with Crippen molar-refractivity contribution in [1.82, 2.24) is 15.0 Å². The highest BCUT2D eigenvalue weighted by Gasteiger charge is 2.52. The number of rotatable bonds is 3. The van der Waals surface area contributed by atoms with Gasteiger partial charge in [0.2, 0.25) is 0 Å².